The first-order valence-electron chi connectivity index (χ1n) is 5.16. The smallest absolute Gasteiger partial charge is 0.261 e. The van der Waals surface area contributed by atoms with Crippen LogP contribution in [0.5, 0.6) is 0 Å². The molecule has 1 rings (SSSR count). The molecule has 0 spiro atoms. The van der Waals surface area contributed by atoms with Crippen LogP contribution in [0.25, 0.3) is 0 Å². The van der Waals surface area contributed by atoms with E-state index < -0.39 is 10.0 Å². The van der Waals surface area contributed by atoms with Crippen molar-refractivity contribution in [2.24, 2.45) is 7.05 Å². The van der Waals surface area contributed by atoms with Crippen LogP contribution in [0, 0.1) is 0 Å². The van der Waals surface area contributed by atoms with E-state index in [9.17, 15) is 8.42 Å². The van der Waals surface area contributed by atoms with Gasteiger partial charge < -0.3 is 9.30 Å². The van der Waals surface area contributed by atoms with E-state index in [1.807, 2.05) is 6.92 Å². The van der Waals surface area contributed by atoms with Crippen molar-refractivity contribution in [3.05, 3.63) is 11.5 Å². The van der Waals surface area contributed by atoms with Crippen molar-refractivity contribution in [3.63, 3.8) is 0 Å². The summed E-state index contributed by atoms with van der Waals surface area (Å²) in [7, 11) is -2.06. The third kappa shape index (κ3) is 3.67. The number of imidazole rings is 1. The van der Waals surface area contributed by atoms with Gasteiger partial charge in [0.1, 0.15) is 5.15 Å². The molecule has 1 heterocycles. The van der Waals surface area contributed by atoms with Crippen LogP contribution in [-0.2, 0) is 21.8 Å². The van der Waals surface area contributed by atoms with E-state index in [1.165, 1.54) is 10.9 Å². The van der Waals surface area contributed by atoms with Crippen LogP contribution in [0.15, 0.2) is 11.4 Å². The lowest BCUT2D eigenvalue weighted by molar-refractivity contribution is 0.0799. The number of halogens is 1. The van der Waals surface area contributed by atoms with Crippen LogP contribution >= 0.6 is 11.6 Å². The molecule has 1 atom stereocenters. The zero-order chi connectivity index (χ0) is 13.1. The number of aryl methyl sites for hydroxylation is 1. The largest absolute Gasteiger partial charge is 0.377 e. The van der Waals surface area contributed by atoms with Gasteiger partial charge in [-0.25, -0.2) is 18.1 Å². The fourth-order valence-corrected chi connectivity index (χ4v) is 2.75. The van der Waals surface area contributed by atoms with Gasteiger partial charge in [0, 0.05) is 20.2 Å². The molecule has 0 bridgehead atoms. The molecule has 0 aliphatic heterocycles. The molecule has 0 saturated carbocycles. The molecule has 0 fully saturated rings. The van der Waals surface area contributed by atoms with Crippen molar-refractivity contribution in [1.29, 1.82) is 0 Å². The van der Waals surface area contributed by atoms with Crippen LogP contribution < -0.4 is 4.72 Å². The maximum Gasteiger partial charge on any atom is 0.261 e. The highest BCUT2D eigenvalue weighted by Gasteiger charge is 2.22. The Morgan fingerprint density at radius 2 is 2.29 bits per heavy atom. The summed E-state index contributed by atoms with van der Waals surface area (Å²) in [6.45, 7) is 4.35. The van der Waals surface area contributed by atoms with Crippen LogP contribution in [0.2, 0.25) is 5.15 Å². The summed E-state index contributed by atoms with van der Waals surface area (Å²) in [5, 5.41) is -0.0769. The molecule has 8 heteroatoms. The van der Waals surface area contributed by atoms with Gasteiger partial charge >= 0.3 is 0 Å². The van der Waals surface area contributed by atoms with E-state index in [1.54, 1.807) is 14.0 Å². The number of aromatic nitrogens is 2. The summed E-state index contributed by atoms with van der Waals surface area (Å²) in [5.41, 5.74) is 0. The molecule has 0 aromatic carbocycles. The Bertz CT molecular complexity index is 472. The summed E-state index contributed by atoms with van der Waals surface area (Å²) in [4.78, 5) is 3.75. The highest BCUT2D eigenvalue weighted by molar-refractivity contribution is 7.89. The van der Waals surface area contributed by atoms with Gasteiger partial charge in [0.15, 0.2) is 0 Å². The van der Waals surface area contributed by atoms with E-state index >= 15 is 0 Å². The molecule has 1 unspecified atom stereocenters. The summed E-state index contributed by atoms with van der Waals surface area (Å²) in [5.74, 6) is 0. The fourth-order valence-electron chi connectivity index (χ4n) is 1.21. The molecule has 17 heavy (non-hydrogen) atoms. The van der Waals surface area contributed by atoms with E-state index in [-0.39, 0.29) is 22.8 Å². The Morgan fingerprint density at radius 3 is 2.76 bits per heavy atom. The molecule has 0 radical (unpaired) electrons. The van der Waals surface area contributed by atoms with Gasteiger partial charge in [-0.1, -0.05) is 11.6 Å². The molecular formula is C9H16ClN3O3S. The summed E-state index contributed by atoms with van der Waals surface area (Å²) >= 11 is 5.82. The van der Waals surface area contributed by atoms with E-state index in [0.29, 0.717) is 6.61 Å². The molecule has 1 N–H and O–H groups in total. The van der Waals surface area contributed by atoms with Gasteiger partial charge in [-0.05, 0) is 13.8 Å². The standard InChI is InChI=1S/C9H16ClN3O3S/c1-4-16-7(2)5-12-17(14,15)9-8(10)13(3)6-11-9/h6-7,12H,4-5H2,1-3H3. The fraction of sp³-hybridized carbons (Fsp3) is 0.667. The van der Waals surface area contributed by atoms with Gasteiger partial charge in [0.2, 0.25) is 5.03 Å². The Morgan fingerprint density at radius 1 is 1.65 bits per heavy atom. The minimum Gasteiger partial charge on any atom is -0.377 e. The highest BCUT2D eigenvalue weighted by Crippen LogP contribution is 2.18. The zero-order valence-corrected chi connectivity index (χ0v) is 11.5. The highest BCUT2D eigenvalue weighted by atomic mass is 35.5. The molecule has 0 aliphatic carbocycles. The van der Waals surface area contributed by atoms with Gasteiger partial charge in [-0.2, -0.15) is 0 Å². The minimum atomic E-state index is -3.68. The molecule has 0 amide bonds. The summed E-state index contributed by atoms with van der Waals surface area (Å²) in [6, 6.07) is 0. The Labute approximate surface area is 106 Å². The molecular weight excluding hydrogens is 266 g/mol. The second-order valence-corrected chi connectivity index (χ2v) is 5.61. The Hall–Kier alpha value is -0.630. The first-order chi connectivity index (χ1) is 7.88. The number of ether oxygens (including phenoxy) is 1. The minimum absolute atomic E-state index is 0.0848. The average molecular weight is 282 g/mol. The van der Waals surface area contributed by atoms with Gasteiger partial charge in [0.05, 0.1) is 12.4 Å². The molecule has 1 aromatic rings. The first-order valence-corrected chi connectivity index (χ1v) is 7.02. The maximum absolute atomic E-state index is 11.8. The van der Waals surface area contributed by atoms with Gasteiger partial charge in [-0.3, -0.25) is 0 Å². The van der Waals surface area contributed by atoms with Crippen molar-refractivity contribution in [3.8, 4) is 0 Å². The monoisotopic (exact) mass is 281 g/mol. The molecule has 1 aromatic heterocycles. The Balaban J connectivity index is 2.73. The predicted octanol–water partition coefficient (Wildman–Crippen LogP) is 0.777. The molecule has 0 aliphatic rings. The van der Waals surface area contributed by atoms with E-state index in [2.05, 4.69) is 9.71 Å². The van der Waals surface area contributed by atoms with Crippen LogP contribution in [0.1, 0.15) is 13.8 Å². The van der Waals surface area contributed by atoms with Gasteiger partial charge in [0.25, 0.3) is 10.0 Å². The van der Waals surface area contributed by atoms with Crippen molar-refractivity contribution in [2.45, 2.75) is 25.0 Å². The lowest BCUT2D eigenvalue weighted by atomic mass is 10.4. The summed E-state index contributed by atoms with van der Waals surface area (Å²) < 4.78 is 32.8. The van der Waals surface area contributed by atoms with Crippen molar-refractivity contribution in [2.75, 3.05) is 13.2 Å². The number of sulfonamides is 1. The van der Waals surface area contributed by atoms with Crippen molar-refractivity contribution in [1.82, 2.24) is 14.3 Å². The predicted molar refractivity (Wildman–Crippen MR) is 64.5 cm³/mol. The lowest BCUT2D eigenvalue weighted by Crippen LogP contribution is -2.32. The summed E-state index contributed by atoms with van der Waals surface area (Å²) in [6.07, 6.45) is 1.15. The van der Waals surface area contributed by atoms with Gasteiger partial charge in [-0.15, -0.1) is 0 Å². The number of nitrogens with zero attached hydrogens (tertiary/aromatic N) is 2. The number of nitrogens with one attached hydrogen (secondary N) is 1. The quantitative estimate of drug-likeness (QED) is 0.836. The third-order valence-electron chi connectivity index (χ3n) is 2.10. The molecule has 6 nitrogen and oxygen atoms in total. The first kappa shape index (κ1) is 14.4. The second-order valence-electron chi connectivity index (χ2n) is 3.57. The topological polar surface area (TPSA) is 73.2 Å². The van der Waals surface area contributed by atoms with Crippen molar-refractivity contribution < 1.29 is 13.2 Å². The molecule has 0 saturated heterocycles. The Kier molecular flexibility index (Phi) is 4.93. The number of hydrogen-bond acceptors (Lipinski definition) is 4. The lowest BCUT2D eigenvalue weighted by Gasteiger charge is -2.12. The number of hydrogen-bond donors (Lipinski definition) is 1. The van der Waals surface area contributed by atoms with Crippen LogP contribution in [0.4, 0.5) is 0 Å². The third-order valence-corrected chi connectivity index (χ3v) is 4.01. The SMILES string of the molecule is CCOC(C)CNS(=O)(=O)c1ncn(C)c1Cl. The molecule has 98 valence electrons. The normalized spacial score (nSPS) is 13.9. The van der Waals surface area contributed by atoms with E-state index in [4.69, 9.17) is 16.3 Å². The van der Waals surface area contributed by atoms with E-state index in [0.717, 1.165) is 0 Å². The zero-order valence-electron chi connectivity index (χ0n) is 9.97. The second kappa shape index (κ2) is 5.81. The number of rotatable bonds is 6. The van der Waals surface area contributed by atoms with Crippen LogP contribution in [-0.4, -0.2) is 37.2 Å². The maximum atomic E-state index is 11.8. The van der Waals surface area contributed by atoms with Crippen molar-refractivity contribution >= 4 is 21.6 Å². The van der Waals surface area contributed by atoms with Crippen LogP contribution in [0.3, 0.4) is 0 Å². The average Bonchev–Trinajstić information content (AvgIpc) is 2.58.